The maximum Gasteiger partial charge on any atom is 0.275 e. The summed E-state index contributed by atoms with van der Waals surface area (Å²) < 4.78 is 0.864. The Bertz CT molecular complexity index is 295. The van der Waals surface area contributed by atoms with Crippen molar-refractivity contribution in [2.75, 3.05) is 5.75 Å². The molecule has 0 unspecified atom stereocenters. The van der Waals surface area contributed by atoms with Gasteiger partial charge in [0.2, 0.25) is 0 Å². The Morgan fingerprint density at radius 3 is 3.00 bits per heavy atom. The van der Waals surface area contributed by atoms with Crippen LogP contribution in [0.2, 0.25) is 0 Å². The van der Waals surface area contributed by atoms with E-state index in [0.29, 0.717) is 0 Å². The first-order valence-electron chi connectivity index (χ1n) is 3.33. The minimum atomic E-state index is -0.0975. The molecule has 0 N–H and O–H groups in total. The topological polar surface area (TPSA) is 30.0 Å². The molecule has 0 aliphatic rings. The van der Waals surface area contributed by atoms with Gasteiger partial charge < -0.3 is 0 Å². The molecule has 0 aliphatic heterocycles. The molecular formula is C7H9NOS2. The predicted octanol–water partition coefficient (Wildman–Crippen LogP) is 1.92. The van der Waals surface area contributed by atoms with Crippen molar-refractivity contribution in [1.29, 1.82) is 0 Å². The normalized spacial score (nSPS) is 10.0. The number of aromatic nitrogens is 1. The van der Waals surface area contributed by atoms with Gasteiger partial charge in [-0.15, -0.1) is 11.3 Å². The average Bonchev–Trinajstić information content (AvgIpc) is 1.98. The molecule has 0 atom stereocenters. The lowest BCUT2D eigenvalue weighted by Gasteiger charge is -1.93. The van der Waals surface area contributed by atoms with E-state index < -0.39 is 0 Å². The fourth-order valence-electron chi connectivity index (χ4n) is 0.576. The van der Waals surface area contributed by atoms with Crippen LogP contribution in [-0.4, -0.2) is 10.7 Å². The Balaban J connectivity index is 2.96. The van der Waals surface area contributed by atoms with Crippen LogP contribution in [0.5, 0.6) is 0 Å². The largest absolute Gasteiger partial charge is 0.275 e. The van der Waals surface area contributed by atoms with E-state index in [1.165, 1.54) is 11.3 Å². The van der Waals surface area contributed by atoms with Crippen LogP contribution in [0.15, 0.2) is 14.5 Å². The third-order valence-electron chi connectivity index (χ3n) is 1.13. The van der Waals surface area contributed by atoms with Crippen molar-refractivity contribution in [3.8, 4) is 0 Å². The highest BCUT2D eigenvalue weighted by Crippen LogP contribution is 2.17. The van der Waals surface area contributed by atoms with Crippen LogP contribution in [0.25, 0.3) is 0 Å². The summed E-state index contributed by atoms with van der Waals surface area (Å²) in [5.74, 6) is 0.964. The highest BCUT2D eigenvalue weighted by atomic mass is 32.2. The van der Waals surface area contributed by atoms with Crippen LogP contribution in [0.4, 0.5) is 0 Å². The first-order chi connectivity index (χ1) is 5.24. The van der Waals surface area contributed by atoms with E-state index in [4.69, 9.17) is 0 Å². The van der Waals surface area contributed by atoms with Gasteiger partial charge in [0.1, 0.15) is 0 Å². The Labute approximate surface area is 73.7 Å². The lowest BCUT2D eigenvalue weighted by Crippen LogP contribution is -2.07. The number of hydrogen-bond acceptors (Lipinski definition) is 4. The Kier molecular flexibility index (Phi) is 3.08. The molecule has 0 saturated heterocycles. The lowest BCUT2D eigenvalue weighted by atomic mass is 10.4. The first-order valence-corrected chi connectivity index (χ1v) is 5.19. The highest BCUT2D eigenvalue weighted by Gasteiger charge is 1.97. The molecule has 0 spiro atoms. The minimum absolute atomic E-state index is 0.0975. The Hall–Kier alpha value is -0.350. The molecular weight excluding hydrogens is 178 g/mol. The van der Waals surface area contributed by atoms with Crippen LogP contribution >= 0.6 is 23.1 Å². The molecule has 1 rings (SSSR count). The molecule has 0 aliphatic carbocycles. The number of nitrogens with zero attached hydrogens (tertiary/aromatic N) is 1. The van der Waals surface area contributed by atoms with Crippen LogP contribution < -0.4 is 5.56 Å². The summed E-state index contributed by atoms with van der Waals surface area (Å²) in [6.07, 6.45) is 0. The molecule has 0 aromatic carbocycles. The van der Waals surface area contributed by atoms with E-state index in [-0.39, 0.29) is 5.56 Å². The lowest BCUT2D eigenvalue weighted by molar-refractivity contribution is 1.12. The quantitative estimate of drug-likeness (QED) is 0.663. The zero-order chi connectivity index (χ0) is 8.27. The van der Waals surface area contributed by atoms with Crippen LogP contribution in [0.1, 0.15) is 12.5 Å². The van der Waals surface area contributed by atoms with Gasteiger partial charge in [-0.25, -0.2) is 0 Å². The van der Waals surface area contributed by atoms with E-state index in [0.717, 1.165) is 15.7 Å². The Morgan fingerprint density at radius 2 is 2.45 bits per heavy atom. The fourth-order valence-corrected chi connectivity index (χ4v) is 2.25. The van der Waals surface area contributed by atoms with Gasteiger partial charge in [-0.05, 0) is 12.7 Å². The van der Waals surface area contributed by atoms with Crippen molar-refractivity contribution in [3.05, 3.63) is 21.3 Å². The van der Waals surface area contributed by atoms with Crippen LogP contribution in [0.3, 0.4) is 0 Å². The molecule has 0 saturated carbocycles. The maximum atomic E-state index is 11.0. The van der Waals surface area contributed by atoms with Crippen molar-refractivity contribution in [1.82, 2.24) is 4.98 Å². The summed E-state index contributed by atoms with van der Waals surface area (Å²) in [5.41, 5.74) is 0.634. The van der Waals surface area contributed by atoms with Crippen molar-refractivity contribution in [2.45, 2.75) is 18.2 Å². The smallest absolute Gasteiger partial charge is 0.267 e. The van der Waals surface area contributed by atoms with Gasteiger partial charge in [0.25, 0.3) is 5.56 Å². The summed E-state index contributed by atoms with van der Waals surface area (Å²) >= 11 is 3.14. The van der Waals surface area contributed by atoms with E-state index >= 15 is 0 Å². The molecule has 0 bridgehead atoms. The van der Waals surface area contributed by atoms with E-state index in [2.05, 4.69) is 4.98 Å². The molecule has 4 heteroatoms. The molecule has 0 amide bonds. The van der Waals surface area contributed by atoms with Gasteiger partial charge in [-0.3, -0.25) is 4.79 Å². The van der Waals surface area contributed by atoms with Crippen molar-refractivity contribution < 1.29 is 0 Å². The van der Waals surface area contributed by atoms with Crippen molar-refractivity contribution in [3.63, 3.8) is 0 Å². The summed E-state index contributed by atoms with van der Waals surface area (Å²) in [6.45, 7) is 3.83. The van der Waals surface area contributed by atoms with E-state index in [9.17, 15) is 4.79 Å². The van der Waals surface area contributed by atoms with Gasteiger partial charge in [-0.1, -0.05) is 18.7 Å². The summed E-state index contributed by atoms with van der Waals surface area (Å²) in [7, 11) is 0. The second-order valence-corrected chi connectivity index (χ2v) is 4.40. The molecule has 2 nitrogen and oxygen atoms in total. The molecule has 1 heterocycles. The molecule has 0 radical (unpaired) electrons. The van der Waals surface area contributed by atoms with Crippen LogP contribution in [-0.2, 0) is 0 Å². The zero-order valence-corrected chi connectivity index (χ0v) is 8.09. The van der Waals surface area contributed by atoms with E-state index in [1.807, 2.05) is 12.3 Å². The first kappa shape index (κ1) is 8.74. The third-order valence-corrected chi connectivity index (χ3v) is 3.17. The van der Waals surface area contributed by atoms with Gasteiger partial charge in [-0.2, -0.15) is 4.98 Å². The fraction of sp³-hybridized carbons (Fsp3) is 0.429. The number of aryl methyl sites for hydroxylation is 1. The van der Waals surface area contributed by atoms with Gasteiger partial charge >= 0.3 is 0 Å². The Morgan fingerprint density at radius 1 is 1.73 bits per heavy atom. The zero-order valence-electron chi connectivity index (χ0n) is 6.46. The van der Waals surface area contributed by atoms with Gasteiger partial charge in [0.05, 0.1) is 0 Å². The molecule has 0 fully saturated rings. The number of rotatable bonds is 2. The summed E-state index contributed by atoms with van der Waals surface area (Å²) in [4.78, 5) is 14.9. The van der Waals surface area contributed by atoms with Gasteiger partial charge in [0, 0.05) is 10.9 Å². The van der Waals surface area contributed by atoms with Crippen molar-refractivity contribution >= 4 is 23.1 Å². The SMILES string of the molecule is CCSc1nc(=O)c(C)cs1. The van der Waals surface area contributed by atoms with Crippen LogP contribution in [0, 0.1) is 6.92 Å². The highest BCUT2D eigenvalue weighted by molar-refractivity contribution is 8.00. The molecule has 1 aromatic rings. The molecule has 11 heavy (non-hydrogen) atoms. The second kappa shape index (κ2) is 3.88. The van der Waals surface area contributed by atoms with E-state index in [1.54, 1.807) is 18.7 Å². The summed E-state index contributed by atoms with van der Waals surface area (Å²) in [6, 6.07) is 0. The number of thioether (sulfide) groups is 1. The van der Waals surface area contributed by atoms with Gasteiger partial charge in [0.15, 0.2) is 4.34 Å². The second-order valence-electron chi connectivity index (χ2n) is 2.03. The maximum absolute atomic E-state index is 11.0. The summed E-state index contributed by atoms with van der Waals surface area (Å²) in [5, 5.41) is 1.85. The van der Waals surface area contributed by atoms with Crippen molar-refractivity contribution in [2.24, 2.45) is 0 Å². The predicted molar refractivity (Wildman–Crippen MR) is 49.5 cm³/mol. The molecule has 1 aromatic heterocycles. The standard InChI is InChI=1S/C7H9NOS2/c1-3-10-7-8-6(9)5(2)4-11-7/h4H,3H2,1-2H3. The third kappa shape index (κ3) is 2.31. The molecule has 60 valence electrons. The number of hydrogen-bond donors (Lipinski definition) is 0. The minimum Gasteiger partial charge on any atom is -0.267 e. The monoisotopic (exact) mass is 187 g/mol. The average molecular weight is 187 g/mol.